The van der Waals surface area contributed by atoms with Gasteiger partial charge in [-0.15, -0.1) is 0 Å². The van der Waals surface area contributed by atoms with Crippen LogP contribution in [0, 0.1) is 11.7 Å². The van der Waals surface area contributed by atoms with Crippen LogP contribution in [-0.2, 0) is 6.54 Å². The predicted molar refractivity (Wildman–Crippen MR) is 97.9 cm³/mol. The number of pyridine rings is 1. The molecular weight excluding hydrogens is 361 g/mol. The molecule has 1 saturated heterocycles. The van der Waals surface area contributed by atoms with Gasteiger partial charge in [-0.2, -0.15) is 0 Å². The summed E-state index contributed by atoms with van der Waals surface area (Å²) in [6.45, 7) is 3.17. The molecule has 2 heterocycles. The van der Waals surface area contributed by atoms with Crippen LogP contribution < -0.4 is 15.6 Å². The Bertz CT molecular complexity index is 949. The summed E-state index contributed by atoms with van der Waals surface area (Å²) >= 11 is 6.32. The molecule has 138 valence electrons. The zero-order valence-electron chi connectivity index (χ0n) is 14.1. The van der Waals surface area contributed by atoms with E-state index < -0.39 is 17.2 Å². The van der Waals surface area contributed by atoms with Gasteiger partial charge in [0.25, 0.3) is 0 Å². The molecule has 0 unspecified atom stereocenters. The molecule has 6 nitrogen and oxygen atoms in total. The Morgan fingerprint density at radius 3 is 2.65 bits per heavy atom. The number of nitrogens with zero attached hydrogens (tertiary/aromatic N) is 2. The van der Waals surface area contributed by atoms with E-state index in [1.807, 2.05) is 4.90 Å². The molecule has 1 aromatic carbocycles. The fourth-order valence-corrected chi connectivity index (χ4v) is 3.84. The van der Waals surface area contributed by atoms with E-state index in [9.17, 15) is 14.7 Å². The molecular formula is C18H19ClFN3O3. The van der Waals surface area contributed by atoms with Crippen molar-refractivity contribution in [2.75, 3.05) is 31.1 Å². The number of nitrogens with one attached hydrogen (secondary N) is 1. The van der Waals surface area contributed by atoms with Gasteiger partial charge in [-0.3, -0.25) is 4.79 Å². The van der Waals surface area contributed by atoms with Crippen molar-refractivity contribution < 1.29 is 14.3 Å². The molecule has 1 aliphatic carbocycles. The Hall–Kier alpha value is -2.12. The standard InChI is InChI=1S/C18H19ClFN3O3/c19-13-7-11-15(14(20)16(13)22-5-3-21-4-6-22)23(8-10-1-2-10)9-12(17(11)24)18(25)26/h7,9-10,21H,1-6,8H2,(H,25,26). The lowest BCUT2D eigenvalue weighted by Crippen LogP contribution is -2.44. The lowest BCUT2D eigenvalue weighted by molar-refractivity contribution is 0.0694. The number of carboxylic acids is 1. The van der Waals surface area contributed by atoms with E-state index in [0.717, 1.165) is 25.9 Å². The summed E-state index contributed by atoms with van der Waals surface area (Å²) in [7, 11) is 0. The minimum atomic E-state index is -1.32. The zero-order chi connectivity index (χ0) is 18.4. The number of piperazine rings is 1. The van der Waals surface area contributed by atoms with Gasteiger partial charge in [0.1, 0.15) is 5.56 Å². The Morgan fingerprint density at radius 1 is 1.35 bits per heavy atom. The van der Waals surface area contributed by atoms with E-state index in [1.54, 1.807) is 4.57 Å². The van der Waals surface area contributed by atoms with Crippen molar-refractivity contribution in [2.24, 2.45) is 5.92 Å². The monoisotopic (exact) mass is 379 g/mol. The normalized spacial score (nSPS) is 17.7. The maximum atomic E-state index is 15.5. The highest BCUT2D eigenvalue weighted by molar-refractivity contribution is 6.34. The highest BCUT2D eigenvalue weighted by atomic mass is 35.5. The fourth-order valence-electron chi connectivity index (χ4n) is 3.53. The molecule has 4 rings (SSSR count). The van der Waals surface area contributed by atoms with E-state index >= 15 is 4.39 Å². The van der Waals surface area contributed by atoms with Gasteiger partial charge in [0.05, 0.1) is 21.6 Å². The molecule has 2 N–H and O–H groups in total. The van der Waals surface area contributed by atoms with E-state index in [0.29, 0.717) is 25.6 Å². The van der Waals surface area contributed by atoms with Gasteiger partial charge < -0.3 is 19.9 Å². The number of aromatic carboxylic acids is 1. The van der Waals surface area contributed by atoms with Crippen LogP contribution in [0.1, 0.15) is 23.2 Å². The number of fused-ring (bicyclic) bond motifs is 1. The van der Waals surface area contributed by atoms with Gasteiger partial charge in [0, 0.05) is 38.9 Å². The maximum absolute atomic E-state index is 15.5. The van der Waals surface area contributed by atoms with Crippen molar-refractivity contribution in [3.05, 3.63) is 38.9 Å². The number of rotatable bonds is 4. The number of hydrogen-bond donors (Lipinski definition) is 2. The van der Waals surface area contributed by atoms with E-state index in [1.165, 1.54) is 12.3 Å². The first-order valence-corrected chi connectivity index (χ1v) is 9.09. The molecule has 1 saturated carbocycles. The lowest BCUT2D eigenvalue weighted by atomic mass is 10.1. The highest BCUT2D eigenvalue weighted by Gasteiger charge is 2.28. The zero-order valence-corrected chi connectivity index (χ0v) is 14.9. The largest absolute Gasteiger partial charge is 0.477 e. The summed E-state index contributed by atoms with van der Waals surface area (Å²) in [5, 5.41) is 12.7. The minimum Gasteiger partial charge on any atom is -0.477 e. The maximum Gasteiger partial charge on any atom is 0.341 e. The number of hydrogen-bond acceptors (Lipinski definition) is 4. The van der Waals surface area contributed by atoms with Crippen LogP contribution in [0.25, 0.3) is 10.9 Å². The van der Waals surface area contributed by atoms with Crippen LogP contribution in [0.15, 0.2) is 17.1 Å². The second-order valence-electron chi connectivity index (χ2n) is 6.93. The molecule has 26 heavy (non-hydrogen) atoms. The molecule has 0 amide bonds. The average Bonchev–Trinajstić information content (AvgIpc) is 3.42. The number of aromatic nitrogens is 1. The van der Waals surface area contributed by atoms with Crippen molar-refractivity contribution in [2.45, 2.75) is 19.4 Å². The quantitative estimate of drug-likeness (QED) is 0.852. The number of carbonyl (C=O) groups is 1. The highest BCUT2D eigenvalue weighted by Crippen LogP contribution is 2.36. The van der Waals surface area contributed by atoms with Crippen molar-refractivity contribution in [1.29, 1.82) is 0 Å². The first-order valence-electron chi connectivity index (χ1n) is 8.71. The van der Waals surface area contributed by atoms with Crippen molar-refractivity contribution in [1.82, 2.24) is 9.88 Å². The number of benzene rings is 1. The predicted octanol–water partition coefficient (Wildman–Crippen LogP) is 2.31. The van der Waals surface area contributed by atoms with Gasteiger partial charge >= 0.3 is 5.97 Å². The summed E-state index contributed by atoms with van der Waals surface area (Å²) in [4.78, 5) is 25.9. The van der Waals surface area contributed by atoms with Crippen LogP contribution in [0.4, 0.5) is 10.1 Å². The van der Waals surface area contributed by atoms with E-state index in [-0.39, 0.29) is 27.2 Å². The average molecular weight is 380 g/mol. The molecule has 1 aromatic heterocycles. The van der Waals surface area contributed by atoms with Crippen molar-refractivity contribution >= 4 is 34.2 Å². The Kier molecular flexibility index (Phi) is 4.36. The smallest absolute Gasteiger partial charge is 0.341 e. The summed E-state index contributed by atoms with van der Waals surface area (Å²) in [6.07, 6.45) is 3.32. The summed E-state index contributed by atoms with van der Waals surface area (Å²) < 4.78 is 17.1. The Balaban J connectivity index is 1.98. The minimum absolute atomic E-state index is 0.0203. The van der Waals surface area contributed by atoms with Crippen molar-refractivity contribution in [3.63, 3.8) is 0 Å². The molecule has 0 atom stereocenters. The number of halogens is 2. The third-order valence-corrected chi connectivity index (χ3v) is 5.33. The van der Waals surface area contributed by atoms with Crippen LogP contribution in [0.5, 0.6) is 0 Å². The topological polar surface area (TPSA) is 74.6 Å². The molecule has 0 radical (unpaired) electrons. The van der Waals surface area contributed by atoms with Crippen LogP contribution in [-0.4, -0.2) is 41.8 Å². The summed E-state index contributed by atoms with van der Waals surface area (Å²) in [6, 6.07) is 1.41. The van der Waals surface area contributed by atoms with Crippen LogP contribution in [0.2, 0.25) is 5.02 Å². The van der Waals surface area contributed by atoms with Crippen LogP contribution in [0.3, 0.4) is 0 Å². The molecule has 2 aromatic rings. The molecule has 2 aliphatic rings. The second kappa shape index (κ2) is 6.55. The molecule has 8 heteroatoms. The van der Waals surface area contributed by atoms with Gasteiger partial charge in [-0.05, 0) is 24.8 Å². The Morgan fingerprint density at radius 2 is 2.04 bits per heavy atom. The van der Waals surface area contributed by atoms with Gasteiger partial charge in [0.2, 0.25) is 5.43 Å². The van der Waals surface area contributed by atoms with E-state index in [2.05, 4.69) is 5.32 Å². The Labute approximate surface area is 154 Å². The van der Waals surface area contributed by atoms with Gasteiger partial charge in [0.15, 0.2) is 5.82 Å². The molecule has 0 bridgehead atoms. The van der Waals surface area contributed by atoms with Crippen molar-refractivity contribution in [3.8, 4) is 0 Å². The van der Waals surface area contributed by atoms with Gasteiger partial charge in [-0.25, -0.2) is 9.18 Å². The lowest BCUT2D eigenvalue weighted by Gasteiger charge is -2.31. The first-order chi connectivity index (χ1) is 12.5. The van der Waals surface area contributed by atoms with E-state index in [4.69, 9.17) is 11.6 Å². The third kappa shape index (κ3) is 2.95. The van der Waals surface area contributed by atoms with Crippen LogP contribution >= 0.6 is 11.6 Å². The summed E-state index contributed by atoms with van der Waals surface area (Å²) in [5.41, 5.74) is -0.631. The molecule has 2 fully saturated rings. The molecule has 0 spiro atoms. The fraction of sp³-hybridized carbons (Fsp3) is 0.444. The molecule has 1 aliphatic heterocycles. The third-order valence-electron chi connectivity index (χ3n) is 5.05. The SMILES string of the molecule is O=C(O)c1cn(CC2CC2)c2c(F)c(N3CCNCC3)c(Cl)cc2c1=O. The second-order valence-corrected chi connectivity index (χ2v) is 7.33. The van der Waals surface area contributed by atoms with Gasteiger partial charge in [-0.1, -0.05) is 11.6 Å². The first kappa shape index (κ1) is 17.3. The number of carboxylic acid groups (broad SMARTS) is 1. The summed E-state index contributed by atoms with van der Waals surface area (Å²) in [5.74, 6) is -1.48. The number of anilines is 1.